The molecule has 3 aromatic heterocycles. The fraction of sp³-hybridized carbons (Fsp3) is 0.104. The maximum absolute atomic E-state index is 5.03. The average Bonchev–Trinajstić information content (AvgIpc) is 3.90. The Morgan fingerprint density at radius 2 is 1.10 bits per heavy atom. The van der Waals surface area contributed by atoms with Crippen molar-refractivity contribution in [2.75, 3.05) is 0 Å². The number of fused-ring (bicyclic) bond motifs is 13. The zero-order valence-corrected chi connectivity index (χ0v) is 29.4. The van der Waals surface area contributed by atoms with Gasteiger partial charge in [0.25, 0.3) is 0 Å². The second kappa shape index (κ2) is 10.6. The number of aryl methyl sites for hydroxylation is 1. The van der Waals surface area contributed by atoms with Gasteiger partial charge in [-0.1, -0.05) is 118 Å². The van der Waals surface area contributed by atoms with Crippen LogP contribution in [0.1, 0.15) is 37.7 Å². The van der Waals surface area contributed by atoms with Crippen LogP contribution in [0.5, 0.6) is 0 Å². The molecule has 0 amide bonds. The second-order valence-electron chi connectivity index (χ2n) is 14.6. The van der Waals surface area contributed by atoms with E-state index in [1.165, 1.54) is 71.6 Å². The predicted molar refractivity (Wildman–Crippen MR) is 217 cm³/mol. The molecule has 4 heteroatoms. The lowest BCUT2D eigenvalue weighted by molar-refractivity contribution is 0.667. The topological polar surface area (TPSA) is 27.7 Å². The maximum Gasteiger partial charge on any atom is 0.114 e. The van der Waals surface area contributed by atoms with Crippen molar-refractivity contribution < 1.29 is 0 Å². The first-order valence-corrected chi connectivity index (χ1v) is 18.3. The van der Waals surface area contributed by atoms with Gasteiger partial charge in [0.2, 0.25) is 0 Å². The molecule has 0 saturated carbocycles. The van der Waals surface area contributed by atoms with Crippen LogP contribution in [0.15, 0.2) is 152 Å². The Kier molecular flexibility index (Phi) is 5.96. The van der Waals surface area contributed by atoms with Crippen LogP contribution in [-0.2, 0) is 11.8 Å². The highest BCUT2D eigenvalue weighted by Gasteiger charge is 2.41. The first kappa shape index (κ1) is 29.4. The van der Waals surface area contributed by atoms with E-state index in [1.54, 1.807) is 0 Å². The van der Waals surface area contributed by atoms with Crippen LogP contribution in [0.25, 0.3) is 82.8 Å². The molecule has 0 atom stereocenters. The van der Waals surface area contributed by atoms with Crippen molar-refractivity contribution in [1.29, 1.82) is 0 Å². The highest BCUT2D eigenvalue weighted by molar-refractivity contribution is 6.31. The predicted octanol–water partition coefficient (Wildman–Crippen LogP) is 12.1. The third-order valence-electron chi connectivity index (χ3n) is 11.5. The third kappa shape index (κ3) is 3.73. The van der Waals surface area contributed by atoms with E-state index in [4.69, 9.17) is 4.98 Å². The molecular weight excluding hydrogens is 633 g/mol. The van der Waals surface area contributed by atoms with Gasteiger partial charge in [-0.2, -0.15) is 0 Å². The summed E-state index contributed by atoms with van der Waals surface area (Å²) in [5.74, 6) is 1.06. The number of benzene rings is 7. The molecule has 0 saturated heterocycles. The molecular formula is C48H36N4. The summed E-state index contributed by atoms with van der Waals surface area (Å²) in [6.07, 6.45) is 0.843. The summed E-state index contributed by atoms with van der Waals surface area (Å²) in [4.78, 5) is 5.03. The molecule has 10 aromatic rings. The number of para-hydroxylation sites is 5. The lowest BCUT2D eigenvalue weighted by Gasteiger charge is -2.23. The molecule has 11 rings (SSSR count). The second-order valence-corrected chi connectivity index (χ2v) is 14.6. The number of hydrogen-bond donors (Lipinski definition) is 0. The Hall–Kier alpha value is -6.39. The molecule has 7 aromatic carbocycles. The molecule has 0 bridgehead atoms. The third-order valence-corrected chi connectivity index (χ3v) is 11.5. The van der Waals surface area contributed by atoms with Crippen LogP contribution < -0.4 is 0 Å². The van der Waals surface area contributed by atoms with Crippen LogP contribution in [0.4, 0.5) is 0 Å². The zero-order chi connectivity index (χ0) is 34.7. The molecule has 0 aliphatic heterocycles. The van der Waals surface area contributed by atoms with Gasteiger partial charge in [0.05, 0.1) is 33.1 Å². The van der Waals surface area contributed by atoms with E-state index in [-0.39, 0.29) is 5.41 Å². The lowest BCUT2D eigenvalue weighted by Crippen LogP contribution is -2.15. The molecule has 0 N–H and O–H groups in total. The average molecular weight is 669 g/mol. The molecule has 1 aliphatic carbocycles. The fourth-order valence-electron chi connectivity index (χ4n) is 9.44. The smallest absolute Gasteiger partial charge is 0.114 e. The van der Waals surface area contributed by atoms with E-state index >= 15 is 0 Å². The first-order chi connectivity index (χ1) is 25.6. The first-order valence-electron chi connectivity index (χ1n) is 18.3. The van der Waals surface area contributed by atoms with Gasteiger partial charge < -0.3 is 9.13 Å². The van der Waals surface area contributed by atoms with Crippen LogP contribution in [-0.4, -0.2) is 18.7 Å². The van der Waals surface area contributed by atoms with Gasteiger partial charge in [0, 0.05) is 56.0 Å². The van der Waals surface area contributed by atoms with E-state index < -0.39 is 0 Å². The molecule has 4 nitrogen and oxygen atoms in total. The van der Waals surface area contributed by atoms with Crippen molar-refractivity contribution in [1.82, 2.24) is 18.7 Å². The Balaban J connectivity index is 1.37. The molecule has 248 valence electrons. The fourth-order valence-corrected chi connectivity index (χ4v) is 9.44. The van der Waals surface area contributed by atoms with Gasteiger partial charge >= 0.3 is 0 Å². The van der Waals surface area contributed by atoms with Crippen molar-refractivity contribution >= 4 is 54.6 Å². The van der Waals surface area contributed by atoms with E-state index in [2.05, 4.69) is 186 Å². The quantitative estimate of drug-likeness (QED) is 0.183. The normalized spacial score (nSPS) is 13.5. The van der Waals surface area contributed by atoms with E-state index in [0.29, 0.717) is 0 Å². The van der Waals surface area contributed by atoms with Crippen LogP contribution in [0.2, 0.25) is 0 Å². The number of nitrogens with zero attached hydrogens (tertiary/aromatic N) is 4. The van der Waals surface area contributed by atoms with Crippen molar-refractivity contribution in [2.24, 2.45) is 0 Å². The van der Waals surface area contributed by atoms with Gasteiger partial charge in [-0.3, -0.25) is 4.57 Å². The molecule has 0 spiro atoms. The van der Waals surface area contributed by atoms with E-state index in [0.717, 1.165) is 34.7 Å². The Labute approximate surface area is 301 Å². The van der Waals surface area contributed by atoms with Gasteiger partial charge in [0.15, 0.2) is 0 Å². The number of imidazole rings is 1. The Bertz CT molecular complexity index is 3080. The number of rotatable bonds is 4. The number of hydrogen-bond acceptors (Lipinski definition) is 1. The zero-order valence-electron chi connectivity index (χ0n) is 29.4. The maximum atomic E-state index is 5.03. The van der Waals surface area contributed by atoms with Crippen molar-refractivity contribution in [3.8, 4) is 28.2 Å². The van der Waals surface area contributed by atoms with E-state index in [1.807, 2.05) is 0 Å². The Morgan fingerprint density at radius 3 is 1.85 bits per heavy atom. The number of aromatic nitrogens is 4. The van der Waals surface area contributed by atoms with Gasteiger partial charge in [0.1, 0.15) is 5.82 Å². The largest absolute Gasteiger partial charge is 0.309 e. The summed E-state index contributed by atoms with van der Waals surface area (Å²) in [5, 5.41) is 5.15. The molecule has 1 aliphatic rings. The summed E-state index contributed by atoms with van der Waals surface area (Å²) in [5.41, 5.74) is 15.7. The van der Waals surface area contributed by atoms with Gasteiger partial charge in [-0.05, 0) is 71.3 Å². The van der Waals surface area contributed by atoms with Crippen LogP contribution in [0.3, 0.4) is 0 Å². The van der Waals surface area contributed by atoms with Crippen LogP contribution >= 0.6 is 0 Å². The van der Waals surface area contributed by atoms with E-state index in [9.17, 15) is 0 Å². The summed E-state index contributed by atoms with van der Waals surface area (Å²) in [7, 11) is 0. The minimum Gasteiger partial charge on any atom is -0.309 e. The molecule has 0 radical (unpaired) electrons. The summed E-state index contributed by atoms with van der Waals surface area (Å²) >= 11 is 0. The summed E-state index contributed by atoms with van der Waals surface area (Å²) < 4.78 is 7.40. The minimum absolute atomic E-state index is 0.223. The Morgan fingerprint density at radius 1 is 0.519 bits per heavy atom. The summed E-state index contributed by atoms with van der Waals surface area (Å²) in [6.45, 7) is 7.03. The van der Waals surface area contributed by atoms with Crippen molar-refractivity contribution in [2.45, 2.75) is 32.6 Å². The van der Waals surface area contributed by atoms with Crippen LogP contribution in [0, 0.1) is 0 Å². The highest BCUT2D eigenvalue weighted by atomic mass is 15.1. The van der Waals surface area contributed by atoms with Gasteiger partial charge in [-0.25, -0.2) is 4.98 Å². The monoisotopic (exact) mass is 668 g/mol. The molecule has 0 unspecified atom stereocenters. The van der Waals surface area contributed by atoms with Gasteiger partial charge in [-0.15, -0.1) is 0 Å². The minimum atomic E-state index is -0.223. The SMILES string of the molecule is CCc1nc2ccccc2n1-c1cccc(-n2c3ccccc3c3c4c(c5c(c6ccccc6n5-c5ccccc5)c32)-c2ccccc2C4(C)C)c1. The van der Waals surface area contributed by atoms with Crippen molar-refractivity contribution in [3.63, 3.8) is 0 Å². The highest BCUT2D eigenvalue weighted by Crippen LogP contribution is 2.58. The van der Waals surface area contributed by atoms with Crippen molar-refractivity contribution in [3.05, 3.63) is 169 Å². The standard InChI is InChI=1S/C48H36N4/c1-4-41-49-37-25-12-15-28-40(37)50(41)31-19-16-20-32(29-31)52-38-26-13-9-22-34(38)43-45-42(33-21-8-11-24-36(33)48(45,2)3)46-44(47(43)52)35-23-10-14-27-39(35)51(46)30-17-6-5-7-18-30/h5-29H,4H2,1-3H3. The summed E-state index contributed by atoms with van der Waals surface area (Å²) in [6, 6.07) is 55.5. The molecule has 52 heavy (non-hydrogen) atoms. The molecule has 0 fully saturated rings. The molecule has 3 heterocycles. The lowest BCUT2D eigenvalue weighted by atomic mass is 9.80.